The molecule has 0 aliphatic rings. The third kappa shape index (κ3) is 7.98. The van der Waals surface area contributed by atoms with E-state index < -0.39 is 0 Å². The van der Waals surface area contributed by atoms with Crippen LogP contribution in [0.5, 0.6) is 0 Å². The van der Waals surface area contributed by atoms with Crippen LogP contribution in [0, 0.1) is 0 Å². The van der Waals surface area contributed by atoms with E-state index in [0.717, 1.165) is 32.2 Å². The van der Waals surface area contributed by atoms with Gasteiger partial charge in [0.15, 0.2) is 0 Å². The molecule has 0 spiro atoms. The van der Waals surface area contributed by atoms with Crippen LogP contribution in [0.3, 0.4) is 0 Å². The van der Waals surface area contributed by atoms with E-state index in [2.05, 4.69) is 12.2 Å². The average Bonchev–Trinajstić information content (AvgIpc) is 2.06. The van der Waals surface area contributed by atoms with Crippen molar-refractivity contribution in [3.63, 3.8) is 0 Å². The van der Waals surface area contributed by atoms with Gasteiger partial charge >= 0.3 is 0 Å². The molecule has 1 atom stereocenters. The van der Waals surface area contributed by atoms with Crippen molar-refractivity contribution >= 4 is 0 Å². The minimum Gasteiger partial charge on any atom is -0.396 e. The zero-order valence-electron chi connectivity index (χ0n) is 7.92. The van der Waals surface area contributed by atoms with Gasteiger partial charge in [-0.15, -0.1) is 0 Å². The Hall–Kier alpha value is -0.120. The summed E-state index contributed by atoms with van der Waals surface area (Å²) in [4.78, 5) is 0. The van der Waals surface area contributed by atoms with Crippen LogP contribution in [-0.4, -0.2) is 36.0 Å². The lowest BCUT2D eigenvalue weighted by atomic mass is 10.1. The number of unbranched alkanes of at least 4 members (excludes halogenated alkanes) is 1. The maximum atomic E-state index is 8.54. The van der Waals surface area contributed by atoms with E-state index in [1.165, 1.54) is 0 Å². The van der Waals surface area contributed by atoms with Crippen LogP contribution in [-0.2, 0) is 0 Å². The number of aliphatic hydroxyl groups excluding tert-OH is 2. The minimum absolute atomic E-state index is 0.260. The number of nitrogens with one attached hydrogen (secondary N) is 1. The molecule has 0 aliphatic carbocycles. The fourth-order valence-electron chi connectivity index (χ4n) is 1.09. The van der Waals surface area contributed by atoms with Crippen molar-refractivity contribution in [3.05, 3.63) is 0 Å². The fourth-order valence-corrected chi connectivity index (χ4v) is 1.09. The first kappa shape index (κ1) is 11.9. The van der Waals surface area contributed by atoms with Crippen LogP contribution in [0.25, 0.3) is 0 Å². The van der Waals surface area contributed by atoms with Crippen LogP contribution < -0.4 is 5.32 Å². The van der Waals surface area contributed by atoms with Gasteiger partial charge in [0.05, 0.1) is 0 Å². The molecular formula is C9H21NO2. The van der Waals surface area contributed by atoms with Gasteiger partial charge in [0.25, 0.3) is 0 Å². The largest absolute Gasteiger partial charge is 0.396 e. The summed E-state index contributed by atoms with van der Waals surface area (Å²) in [7, 11) is 0. The van der Waals surface area contributed by atoms with Gasteiger partial charge in [-0.1, -0.05) is 0 Å². The van der Waals surface area contributed by atoms with Crippen molar-refractivity contribution < 1.29 is 10.2 Å². The van der Waals surface area contributed by atoms with Gasteiger partial charge in [0.1, 0.15) is 0 Å². The van der Waals surface area contributed by atoms with E-state index in [-0.39, 0.29) is 6.61 Å². The molecule has 1 unspecified atom stereocenters. The Balaban J connectivity index is 3.04. The molecule has 12 heavy (non-hydrogen) atoms. The lowest BCUT2D eigenvalue weighted by Gasteiger charge is -2.12. The summed E-state index contributed by atoms with van der Waals surface area (Å²) < 4.78 is 0. The maximum absolute atomic E-state index is 8.54. The highest BCUT2D eigenvalue weighted by atomic mass is 16.3. The predicted molar refractivity (Wildman–Crippen MR) is 50.1 cm³/mol. The molecule has 0 rings (SSSR count). The molecule has 3 nitrogen and oxygen atoms in total. The van der Waals surface area contributed by atoms with Crippen molar-refractivity contribution in [2.24, 2.45) is 0 Å². The Morgan fingerprint density at radius 3 is 2.33 bits per heavy atom. The monoisotopic (exact) mass is 175 g/mol. The molecule has 0 aliphatic heterocycles. The highest BCUT2D eigenvalue weighted by molar-refractivity contribution is 4.59. The number of hydrogen-bond donors (Lipinski definition) is 3. The zero-order chi connectivity index (χ0) is 9.23. The summed E-state index contributed by atoms with van der Waals surface area (Å²) in [6, 6.07) is 0.503. The fraction of sp³-hybridized carbons (Fsp3) is 1.00. The second-order valence-electron chi connectivity index (χ2n) is 3.15. The molecule has 0 radical (unpaired) electrons. The topological polar surface area (TPSA) is 52.5 Å². The highest BCUT2D eigenvalue weighted by Gasteiger charge is 1.99. The standard InChI is InChI=1S/C9H21NO2/c1-9(5-2-3-7-11)10-6-4-8-12/h9-12H,2-8H2,1H3. The van der Waals surface area contributed by atoms with E-state index in [1.54, 1.807) is 0 Å². The molecule has 0 bridgehead atoms. The zero-order valence-corrected chi connectivity index (χ0v) is 7.92. The van der Waals surface area contributed by atoms with Gasteiger partial charge in [-0.3, -0.25) is 0 Å². The molecule has 0 fully saturated rings. The second kappa shape index (κ2) is 8.97. The van der Waals surface area contributed by atoms with Crippen molar-refractivity contribution in [1.29, 1.82) is 0 Å². The van der Waals surface area contributed by atoms with E-state index >= 15 is 0 Å². The van der Waals surface area contributed by atoms with Crippen LogP contribution in [0.1, 0.15) is 32.6 Å². The molecular weight excluding hydrogens is 154 g/mol. The predicted octanol–water partition coefficient (Wildman–Crippen LogP) is 0.510. The molecule has 0 saturated carbocycles. The van der Waals surface area contributed by atoms with Gasteiger partial charge in [0.2, 0.25) is 0 Å². The Kier molecular flexibility index (Phi) is 8.88. The first-order valence-corrected chi connectivity index (χ1v) is 4.76. The molecule has 3 N–H and O–H groups in total. The Morgan fingerprint density at radius 2 is 1.75 bits per heavy atom. The van der Waals surface area contributed by atoms with Gasteiger partial charge < -0.3 is 15.5 Å². The van der Waals surface area contributed by atoms with Crippen LogP contribution in [0.4, 0.5) is 0 Å². The van der Waals surface area contributed by atoms with Gasteiger partial charge in [0, 0.05) is 19.3 Å². The number of rotatable bonds is 8. The van der Waals surface area contributed by atoms with Crippen LogP contribution in [0.15, 0.2) is 0 Å². The average molecular weight is 175 g/mol. The molecule has 0 aromatic rings. The summed E-state index contributed by atoms with van der Waals surface area (Å²) in [5, 5.41) is 20.4. The highest BCUT2D eigenvalue weighted by Crippen LogP contribution is 1.99. The summed E-state index contributed by atoms with van der Waals surface area (Å²) in [5.41, 5.74) is 0. The molecule has 0 saturated heterocycles. The Bertz CT molecular complexity index is 78.6. The summed E-state index contributed by atoms with van der Waals surface area (Å²) in [6.45, 7) is 3.57. The molecule has 0 aromatic carbocycles. The summed E-state index contributed by atoms with van der Waals surface area (Å²) in [5.74, 6) is 0. The summed E-state index contributed by atoms with van der Waals surface area (Å²) >= 11 is 0. The minimum atomic E-state index is 0.260. The van der Waals surface area contributed by atoms with Crippen molar-refractivity contribution in [2.75, 3.05) is 19.8 Å². The summed E-state index contributed by atoms with van der Waals surface area (Å²) in [6.07, 6.45) is 3.89. The number of hydrogen-bond acceptors (Lipinski definition) is 3. The smallest absolute Gasteiger partial charge is 0.0443 e. The van der Waals surface area contributed by atoms with Crippen molar-refractivity contribution in [1.82, 2.24) is 5.32 Å². The van der Waals surface area contributed by atoms with E-state index in [4.69, 9.17) is 10.2 Å². The van der Waals surface area contributed by atoms with E-state index in [1.807, 2.05) is 0 Å². The van der Waals surface area contributed by atoms with Gasteiger partial charge in [-0.25, -0.2) is 0 Å². The van der Waals surface area contributed by atoms with Crippen LogP contribution in [0.2, 0.25) is 0 Å². The Morgan fingerprint density at radius 1 is 1.08 bits per heavy atom. The third-order valence-electron chi connectivity index (χ3n) is 1.87. The molecule has 0 heterocycles. The quantitative estimate of drug-likeness (QED) is 0.471. The molecule has 74 valence electrons. The molecule has 0 amide bonds. The van der Waals surface area contributed by atoms with Crippen LogP contribution >= 0.6 is 0 Å². The van der Waals surface area contributed by atoms with E-state index in [0.29, 0.717) is 12.6 Å². The number of aliphatic hydroxyl groups is 2. The van der Waals surface area contributed by atoms with Gasteiger partial charge in [-0.05, 0) is 39.2 Å². The SMILES string of the molecule is CC(CCCCO)NCCCO. The van der Waals surface area contributed by atoms with Crippen molar-refractivity contribution in [2.45, 2.75) is 38.6 Å². The lowest BCUT2D eigenvalue weighted by molar-refractivity contribution is 0.275. The molecule has 3 heteroatoms. The molecule has 0 aromatic heterocycles. The van der Waals surface area contributed by atoms with Gasteiger partial charge in [-0.2, -0.15) is 0 Å². The first-order chi connectivity index (χ1) is 5.81. The third-order valence-corrected chi connectivity index (χ3v) is 1.87. The van der Waals surface area contributed by atoms with E-state index in [9.17, 15) is 0 Å². The van der Waals surface area contributed by atoms with Crippen molar-refractivity contribution in [3.8, 4) is 0 Å². The second-order valence-corrected chi connectivity index (χ2v) is 3.15. The maximum Gasteiger partial charge on any atom is 0.0443 e. The lowest BCUT2D eigenvalue weighted by Crippen LogP contribution is -2.27. The first-order valence-electron chi connectivity index (χ1n) is 4.76. The normalized spacial score (nSPS) is 13.2. The Labute approximate surface area is 74.8 Å².